The van der Waals surface area contributed by atoms with Crippen molar-refractivity contribution in [1.29, 1.82) is 0 Å². The van der Waals surface area contributed by atoms with E-state index in [9.17, 15) is 0 Å². The quantitative estimate of drug-likeness (QED) is 0.114. The highest BCUT2D eigenvalue weighted by atomic mass is 16.3. The summed E-state index contributed by atoms with van der Waals surface area (Å²) in [4.78, 5) is 2.37. The lowest BCUT2D eigenvalue weighted by molar-refractivity contribution is 0.670. The second-order valence-corrected chi connectivity index (χ2v) is 14.5. The van der Waals surface area contributed by atoms with Gasteiger partial charge in [0.25, 0.3) is 0 Å². The zero-order valence-electron chi connectivity index (χ0n) is 31.7. The Hall–Kier alpha value is -7.42. The maximum atomic E-state index is 6.61. The Labute approximate surface area is 332 Å². The number of aryl methyl sites for hydroxylation is 1. The van der Waals surface area contributed by atoms with E-state index in [0.29, 0.717) is 0 Å². The van der Waals surface area contributed by atoms with Crippen LogP contribution in [-0.2, 0) is 0 Å². The van der Waals surface area contributed by atoms with Crippen LogP contribution in [0.5, 0.6) is 0 Å². The normalized spacial score (nSPS) is 11.6. The van der Waals surface area contributed by atoms with Crippen molar-refractivity contribution in [2.75, 3.05) is 4.90 Å². The molecule has 9 aromatic carbocycles. The first-order valence-electron chi connectivity index (χ1n) is 19.5. The average molecular weight is 730 g/mol. The maximum Gasteiger partial charge on any atom is 0.143 e. The van der Waals surface area contributed by atoms with Crippen molar-refractivity contribution in [3.05, 3.63) is 218 Å². The first kappa shape index (κ1) is 34.1. The third-order valence-corrected chi connectivity index (χ3v) is 11.3. The Kier molecular flexibility index (Phi) is 8.58. The van der Waals surface area contributed by atoms with Gasteiger partial charge in [-0.15, -0.1) is 0 Å². The molecule has 0 N–H and O–H groups in total. The smallest absolute Gasteiger partial charge is 0.143 e. The third kappa shape index (κ3) is 6.00. The van der Waals surface area contributed by atoms with Crippen LogP contribution in [0.1, 0.15) is 11.1 Å². The van der Waals surface area contributed by atoms with Crippen LogP contribution >= 0.6 is 0 Å². The fourth-order valence-electron chi connectivity index (χ4n) is 8.49. The number of nitrogens with zero attached hydrogens (tertiary/aromatic N) is 1. The van der Waals surface area contributed by atoms with Crippen LogP contribution in [0.15, 0.2) is 211 Å². The molecule has 0 fully saturated rings. The van der Waals surface area contributed by atoms with Crippen molar-refractivity contribution >= 4 is 66.6 Å². The summed E-state index contributed by atoms with van der Waals surface area (Å²) in [5.41, 5.74) is 14.3. The number of anilines is 3. The van der Waals surface area contributed by atoms with Gasteiger partial charge in [-0.1, -0.05) is 164 Å². The summed E-state index contributed by atoms with van der Waals surface area (Å²) in [6.45, 7) is 6.20. The number of hydrogen-bond donors (Lipinski definition) is 0. The molecule has 2 heteroatoms. The summed E-state index contributed by atoms with van der Waals surface area (Å²) < 4.78 is 6.61. The molecule has 0 saturated heterocycles. The zero-order valence-corrected chi connectivity index (χ0v) is 31.7. The van der Waals surface area contributed by atoms with E-state index in [1.165, 1.54) is 43.8 Å². The Morgan fingerprint density at radius 1 is 0.456 bits per heavy atom. The number of para-hydroxylation sites is 1. The van der Waals surface area contributed by atoms with Crippen LogP contribution in [0.4, 0.5) is 17.1 Å². The van der Waals surface area contributed by atoms with Crippen LogP contribution in [0.25, 0.3) is 82.9 Å². The number of hydrogen-bond acceptors (Lipinski definition) is 2. The van der Waals surface area contributed by atoms with E-state index in [0.717, 1.165) is 61.3 Å². The molecule has 10 aromatic rings. The summed E-state index contributed by atoms with van der Waals surface area (Å²) in [7, 11) is 0. The lowest BCUT2D eigenvalue weighted by atomic mass is 9.91. The van der Waals surface area contributed by atoms with Crippen molar-refractivity contribution in [3.63, 3.8) is 0 Å². The fourth-order valence-corrected chi connectivity index (χ4v) is 8.49. The molecular weight excluding hydrogens is 691 g/mol. The second kappa shape index (κ2) is 14.3. The number of benzene rings is 9. The monoisotopic (exact) mass is 729 g/mol. The minimum Gasteiger partial charge on any atom is -0.455 e. The van der Waals surface area contributed by atoms with E-state index in [4.69, 9.17) is 4.42 Å². The maximum absolute atomic E-state index is 6.61. The first-order chi connectivity index (χ1) is 28.2. The molecule has 0 aliphatic heterocycles. The van der Waals surface area contributed by atoms with Gasteiger partial charge in [0.2, 0.25) is 0 Å². The van der Waals surface area contributed by atoms with Gasteiger partial charge in [0.15, 0.2) is 0 Å². The molecule has 0 atom stereocenters. The molecule has 0 aliphatic carbocycles. The summed E-state index contributed by atoms with van der Waals surface area (Å²) in [6.07, 6.45) is 6.08. The minimum atomic E-state index is 0.896. The SMILES string of the molecule is C=C/C=C\c1c(C)c2ccccc2c2ccc(N(c3ccc(-c4ccccc4)cc3)c3ccc(-c4ccc5c(oc6ccccc65)c4-c4ccccc4)cc3)cc12. The standard InChI is InChI=1S/C55H39NO/c1-3-4-19-46-37(2)45-20-11-12-21-48(45)49-33-32-44(36-52(46)49)56(42-28-24-39(25-29-42)38-15-7-5-8-16-38)43-30-26-40(27-31-43)47-34-35-51-50-22-13-14-23-53(50)57-55(51)54(47)41-17-9-6-10-18-41/h3-36H,1H2,2H3/b19-4-. The van der Waals surface area contributed by atoms with Crippen molar-refractivity contribution in [3.8, 4) is 33.4 Å². The Balaban J connectivity index is 1.15. The predicted molar refractivity (Wildman–Crippen MR) is 244 cm³/mol. The zero-order chi connectivity index (χ0) is 38.3. The van der Waals surface area contributed by atoms with Crippen LogP contribution < -0.4 is 4.90 Å². The highest BCUT2D eigenvalue weighted by Gasteiger charge is 2.20. The van der Waals surface area contributed by atoms with E-state index >= 15 is 0 Å². The third-order valence-electron chi connectivity index (χ3n) is 11.3. The summed E-state index contributed by atoms with van der Waals surface area (Å²) in [5.74, 6) is 0. The largest absolute Gasteiger partial charge is 0.455 e. The van der Waals surface area contributed by atoms with Crippen molar-refractivity contribution in [2.45, 2.75) is 6.92 Å². The first-order valence-corrected chi connectivity index (χ1v) is 19.5. The molecule has 1 aromatic heterocycles. The van der Waals surface area contributed by atoms with Gasteiger partial charge in [-0.25, -0.2) is 0 Å². The van der Waals surface area contributed by atoms with E-state index < -0.39 is 0 Å². The van der Waals surface area contributed by atoms with Gasteiger partial charge in [0.05, 0.1) is 0 Å². The number of furan rings is 1. The van der Waals surface area contributed by atoms with Crippen molar-refractivity contribution in [1.82, 2.24) is 0 Å². The molecule has 0 spiro atoms. The highest BCUT2D eigenvalue weighted by Crippen LogP contribution is 2.44. The molecule has 0 unspecified atom stereocenters. The molecular formula is C55H39NO. The highest BCUT2D eigenvalue weighted by molar-refractivity contribution is 6.14. The minimum absolute atomic E-state index is 0.896. The Morgan fingerprint density at radius 3 is 1.70 bits per heavy atom. The van der Waals surface area contributed by atoms with E-state index in [-0.39, 0.29) is 0 Å². The molecule has 2 nitrogen and oxygen atoms in total. The van der Waals surface area contributed by atoms with E-state index in [2.05, 4.69) is 206 Å². The molecule has 10 rings (SSSR count). The lowest BCUT2D eigenvalue weighted by Crippen LogP contribution is -2.10. The molecule has 1 heterocycles. The molecule has 0 aliphatic rings. The number of rotatable bonds is 8. The molecule has 0 radical (unpaired) electrons. The summed E-state index contributed by atoms with van der Waals surface area (Å²) in [6, 6.07) is 67.4. The topological polar surface area (TPSA) is 16.4 Å². The number of fused-ring (bicyclic) bond motifs is 6. The van der Waals surface area contributed by atoms with Gasteiger partial charge in [-0.05, 0) is 116 Å². The molecule has 0 saturated carbocycles. The fraction of sp³-hybridized carbons (Fsp3) is 0.0182. The van der Waals surface area contributed by atoms with Crippen LogP contribution in [0.2, 0.25) is 0 Å². The van der Waals surface area contributed by atoms with Gasteiger partial charge in [-0.3, -0.25) is 0 Å². The van der Waals surface area contributed by atoms with E-state index in [1.807, 2.05) is 18.2 Å². The lowest BCUT2D eigenvalue weighted by Gasteiger charge is -2.27. The summed E-state index contributed by atoms with van der Waals surface area (Å²) >= 11 is 0. The molecule has 0 bridgehead atoms. The summed E-state index contributed by atoms with van der Waals surface area (Å²) in [5, 5.41) is 7.20. The van der Waals surface area contributed by atoms with Crippen LogP contribution in [-0.4, -0.2) is 0 Å². The van der Waals surface area contributed by atoms with Gasteiger partial charge in [-0.2, -0.15) is 0 Å². The van der Waals surface area contributed by atoms with E-state index in [1.54, 1.807) is 0 Å². The molecule has 0 amide bonds. The number of allylic oxidation sites excluding steroid dienone is 2. The van der Waals surface area contributed by atoms with Gasteiger partial charge < -0.3 is 9.32 Å². The molecule has 270 valence electrons. The second-order valence-electron chi connectivity index (χ2n) is 14.5. The Morgan fingerprint density at radius 2 is 1.00 bits per heavy atom. The van der Waals surface area contributed by atoms with Gasteiger partial charge in [0.1, 0.15) is 11.2 Å². The Bertz CT molecular complexity index is 3120. The van der Waals surface area contributed by atoms with Gasteiger partial charge >= 0.3 is 0 Å². The van der Waals surface area contributed by atoms with Crippen LogP contribution in [0, 0.1) is 6.92 Å². The van der Waals surface area contributed by atoms with Crippen molar-refractivity contribution < 1.29 is 4.42 Å². The van der Waals surface area contributed by atoms with Gasteiger partial charge in [0, 0.05) is 33.4 Å². The predicted octanol–water partition coefficient (Wildman–Crippen LogP) is 15.9. The molecule has 57 heavy (non-hydrogen) atoms. The average Bonchev–Trinajstić information content (AvgIpc) is 3.66. The van der Waals surface area contributed by atoms with Crippen molar-refractivity contribution in [2.24, 2.45) is 0 Å². The van der Waals surface area contributed by atoms with Crippen LogP contribution in [0.3, 0.4) is 0 Å².